The molecule has 16 heavy (non-hydrogen) atoms. The second-order valence-electron chi connectivity index (χ2n) is 4.20. The molecule has 1 aromatic heterocycles. The number of carbonyl (C=O) groups excluding carboxylic acids is 1. The van der Waals surface area contributed by atoms with E-state index in [4.69, 9.17) is 0 Å². The molecule has 0 bridgehead atoms. The normalized spacial score (nSPS) is 10.6. The number of nitrogens with zero attached hydrogens (tertiary/aromatic N) is 1. The van der Waals surface area contributed by atoms with Crippen molar-refractivity contribution in [3.8, 4) is 0 Å². The lowest BCUT2D eigenvalue weighted by atomic mass is 10.1. The number of Topliss-reactive ketones (excluding diaryl/α,β-unsaturated/α-hetero) is 1. The number of rotatable bonds is 9. The molecule has 0 aliphatic carbocycles. The van der Waals surface area contributed by atoms with E-state index in [0.29, 0.717) is 12.2 Å². The largest absolute Gasteiger partial charge is 0.299 e. The Labute approximate surface area is 102 Å². The van der Waals surface area contributed by atoms with Crippen molar-refractivity contribution in [3.63, 3.8) is 0 Å². The molecule has 1 heterocycles. The van der Waals surface area contributed by atoms with E-state index in [9.17, 15) is 4.79 Å². The lowest BCUT2D eigenvalue weighted by molar-refractivity contribution is -0.118. The smallest absolute Gasteiger partial charge is 0.138 e. The highest BCUT2D eigenvalue weighted by Gasteiger charge is 2.04. The van der Waals surface area contributed by atoms with E-state index in [1.165, 1.54) is 32.1 Å². The SMILES string of the molecule is CCCCCCCCC(=O)Cc1cncs1. The number of aromatic nitrogens is 1. The van der Waals surface area contributed by atoms with Crippen LogP contribution in [0.4, 0.5) is 0 Å². The van der Waals surface area contributed by atoms with Gasteiger partial charge in [0.1, 0.15) is 5.78 Å². The van der Waals surface area contributed by atoms with Crippen molar-refractivity contribution < 1.29 is 4.79 Å². The minimum absolute atomic E-state index is 0.361. The summed E-state index contributed by atoms with van der Waals surface area (Å²) >= 11 is 1.57. The molecule has 0 spiro atoms. The van der Waals surface area contributed by atoms with Gasteiger partial charge in [-0.25, -0.2) is 0 Å². The van der Waals surface area contributed by atoms with Gasteiger partial charge in [0.2, 0.25) is 0 Å². The van der Waals surface area contributed by atoms with Gasteiger partial charge in [0.15, 0.2) is 0 Å². The van der Waals surface area contributed by atoms with Crippen LogP contribution in [0.15, 0.2) is 11.7 Å². The van der Waals surface area contributed by atoms with Crippen molar-refractivity contribution in [1.82, 2.24) is 4.98 Å². The fourth-order valence-corrected chi connectivity index (χ4v) is 2.34. The van der Waals surface area contributed by atoms with Crippen LogP contribution in [-0.2, 0) is 11.2 Å². The molecule has 0 radical (unpaired) electrons. The molecule has 0 saturated carbocycles. The predicted octanol–water partition coefficient (Wildman–Crippen LogP) is 4.01. The van der Waals surface area contributed by atoms with Gasteiger partial charge in [-0.1, -0.05) is 39.0 Å². The molecule has 2 nitrogen and oxygen atoms in total. The quantitative estimate of drug-likeness (QED) is 0.609. The zero-order valence-electron chi connectivity index (χ0n) is 10.1. The summed E-state index contributed by atoms with van der Waals surface area (Å²) < 4.78 is 0. The Bertz CT molecular complexity index is 282. The molecule has 0 fully saturated rings. The van der Waals surface area contributed by atoms with Crippen LogP contribution in [0, 0.1) is 0 Å². The van der Waals surface area contributed by atoms with E-state index in [1.807, 2.05) is 0 Å². The molecular weight excluding hydrogens is 218 g/mol. The van der Waals surface area contributed by atoms with Gasteiger partial charge in [-0.05, 0) is 6.42 Å². The standard InChI is InChI=1S/C13H21NOS/c1-2-3-4-5-6-7-8-12(15)9-13-10-14-11-16-13/h10-11H,2-9H2,1H3. The van der Waals surface area contributed by atoms with Gasteiger partial charge in [-0.2, -0.15) is 0 Å². The highest BCUT2D eigenvalue weighted by atomic mass is 32.1. The van der Waals surface area contributed by atoms with Crippen molar-refractivity contribution >= 4 is 17.1 Å². The highest BCUT2D eigenvalue weighted by molar-refractivity contribution is 7.09. The second-order valence-corrected chi connectivity index (χ2v) is 5.17. The average Bonchev–Trinajstić information content (AvgIpc) is 2.76. The molecular formula is C13H21NOS. The number of hydrogen-bond acceptors (Lipinski definition) is 3. The van der Waals surface area contributed by atoms with E-state index < -0.39 is 0 Å². The van der Waals surface area contributed by atoms with Gasteiger partial charge < -0.3 is 0 Å². The first-order valence-corrected chi connectivity index (χ1v) is 7.10. The minimum atomic E-state index is 0.361. The molecule has 0 unspecified atom stereocenters. The lowest BCUT2D eigenvalue weighted by Crippen LogP contribution is -2.00. The fourth-order valence-electron chi connectivity index (χ4n) is 1.71. The van der Waals surface area contributed by atoms with Gasteiger partial charge in [-0.3, -0.25) is 9.78 Å². The molecule has 0 amide bonds. The Morgan fingerprint density at radius 2 is 2.00 bits per heavy atom. The molecule has 0 aliphatic heterocycles. The summed E-state index contributed by atoms with van der Waals surface area (Å²) in [5, 5.41) is 0. The van der Waals surface area contributed by atoms with Crippen molar-refractivity contribution in [3.05, 3.63) is 16.6 Å². The number of carbonyl (C=O) groups is 1. The Kier molecular flexibility index (Phi) is 7.06. The van der Waals surface area contributed by atoms with Crippen LogP contribution in [0.2, 0.25) is 0 Å². The van der Waals surface area contributed by atoms with Crippen molar-refractivity contribution in [2.45, 2.75) is 58.3 Å². The van der Waals surface area contributed by atoms with Crippen molar-refractivity contribution in [2.24, 2.45) is 0 Å². The van der Waals surface area contributed by atoms with E-state index in [1.54, 1.807) is 23.0 Å². The maximum atomic E-state index is 11.6. The van der Waals surface area contributed by atoms with Crippen LogP contribution < -0.4 is 0 Å². The molecule has 0 atom stereocenters. The zero-order valence-corrected chi connectivity index (χ0v) is 10.9. The third kappa shape index (κ3) is 6.01. The number of ketones is 1. The number of thiazole rings is 1. The Balaban J connectivity index is 1.98. The Hall–Kier alpha value is -0.700. The van der Waals surface area contributed by atoms with Crippen molar-refractivity contribution in [1.29, 1.82) is 0 Å². The number of hydrogen-bond donors (Lipinski definition) is 0. The third-order valence-corrected chi connectivity index (χ3v) is 3.44. The molecule has 0 saturated heterocycles. The maximum absolute atomic E-state index is 11.6. The van der Waals surface area contributed by atoms with E-state index in [-0.39, 0.29) is 0 Å². The second kappa shape index (κ2) is 8.45. The summed E-state index contributed by atoms with van der Waals surface area (Å²) in [6.07, 6.45) is 10.6. The topological polar surface area (TPSA) is 30.0 Å². The van der Waals surface area contributed by atoms with E-state index in [2.05, 4.69) is 11.9 Å². The zero-order chi connectivity index (χ0) is 11.6. The first-order chi connectivity index (χ1) is 7.83. The summed E-state index contributed by atoms with van der Waals surface area (Å²) in [4.78, 5) is 16.6. The Morgan fingerprint density at radius 1 is 1.25 bits per heavy atom. The summed E-state index contributed by atoms with van der Waals surface area (Å²) in [6, 6.07) is 0. The number of unbranched alkanes of at least 4 members (excludes halogenated alkanes) is 5. The van der Waals surface area contributed by atoms with Gasteiger partial charge in [0.25, 0.3) is 0 Å². The fraction of sp³-hybridized carbons (Fsp3) is 0.692. The molecule has 90 valence electrons. The first-order valence-electron chi connectivity index (χ1n) is 6.22. The van der Waals surface area contributed by atoms with Crippen LogP contribution in [0.1, 0.15) is 56.7 Å². The summed E-state index contributed by atoms with van der Waals surface area (Å²) in [5.74, 6) is 0.361. The van der Waals surface area contributed by atoms with Crippen LogP contribution >= 0.6 is 11.3 Å². The van der Waals surface area contributed by atoms with Crippen LogP contribution in [0.25, 0.3) is 0 Å². The van der Waals surface area contributed by atoms with Crippen molar-refractivity contribution in [2.75, 3.05) is 0 Å². The first kappa shape index (κ1) is 13.4. The molecule has 3 heteroatoms. The minimum Gasteiger partial charge on any atom is -0.299 e. The van der Waals surface area contributed by atoms with E-state index in [0.717, 1.165) is 17.7 Å². The van der Waals surface area contributed by atoms with Crippen LogP contribution in [-0.4, -0.2) is 10.8 Å². The molecule has 0 N–H and O–H groups in total. The molecule has 1 rings (SSSR count). The highest BCUT2D eigenvalue weighted by Crippen LogP contribution is 2.11. The Morgan fingerprint density at radius 3 is 2.69 bits per heavy atom. The average molecular weight is 239 g/mol. The van der Waals surface area contributed by atoms with Gasteiger partial charge in [0, 0.05) is 23.9 Å². The van der Waals surface area contributed by atoms with E-state index >= 15 is 0 Å². The van der Waals surface area contributed by atoms with Gasteiger partial charge in [0.05, 0.1) is 5.51 Å². The third-order valence-electron chi connectivity index (χ3n) is 2.66. The predicted molar refractivity (Wildman–Crippen MR) is 68.8 cm³/mol. The summed E-state index contributed by atoms with van der Waals surface area (Å²) in [7, 11) is 0. The monoisotopic (exact) mass is 239 g/mol. The van der Waals surface area contributed by atoms with Gasteiger partial charge in [-0.15, -0.1) is 11.3 Å². The molecule has 1 aromatic rings. The van der Waals surface area contributed by atoms with Gasteiger partial charge >= 0.3 is 0 Å². The van der Waals surface area contributed by atoms with Crippen LogP contribution in [0.5, 0.6) is 0 Å². The maximum Gasteiger partial charge on any atom is 0.138 e. The summed E-state index contributed by atoms with van der Waals surface area (Å²) in [6.45, 7) is 2.22. The summed E-state index contributed by atoms with van der Waals surface area (Å²) in [5.41, 5.74) is 1.79. The lowest BCUT2D eigenvalue weighted by Gasteiger charge is -2.00. The van der Waals surface area contributed by atoms with Crippen LogP contribution in [0.3, 0.4) is 0 Å². The molecule has 0 aliphatic rings. The molecule has 0 aromatic carbocycles.